The van der Waals surface area contributed by atoms with Crippen LogP contribution >= 0.6 is 0 Å². The van der Waals surface area contributed by atoms with Crippen LogP contribution in [0.1, 0.15) is 5.56 Å². The number of benzene rings is 1. The number of hydrogen-bond acceptors (Lipinski definition) is 4. The highest BCUT2D eigenvalue weighted by atomic mass is 16.5. The van der Waals surface area contributed by atoms with Crippen LogP contribution in [0.2, 0.25) is 0 Å². The minimum atomic E-state index is 0.685. The molecule has 0 unspecified atom stereocenters. The van der Waals surface area contributed by atoms with E-state index in [1.54, 1.807) is 13.3 Å². The molecule has 3 aromatic rings. The number of hydrogen-bond donors (Lipinski definition) is 0. The topological polar surface area (TPSA) is 48.2 Å². The summed E-state index contributed by atoms with van der Waals surface area (Å²) in [5, 5.41) is 0.997. The number of ether oxygens (including phenoxy) is 1. The number of methoxy groups -OCH3 is 1. The number of furan rings is 1. The van der Waals surface area contributed by atoms with Crippen LogP contribution in [0.25, 0.3) is 22.1 Å². The zero-order chi connectivity index (χ0) is 11.1. The number of fused-ring (bicyclic) bond motifs is 3. The molecule has 0 bridgehead atoms. The van der Waals surface area contributed by atoms with E-state index in [2.05, 4.69) is 9.97 Å². The molecule has 0 N–H and O–H groups in total. The molecule has 0 spiro atoms. The maximum Gasteiger partial charge on any atom is 0.179 e. The Labute approximate surface area is 91.9 Å². The molecule has 3 rings (SSSR count). The van der Waals surface area contributed by atoms with Gasteiger partial charge in [0.05, 0.1) is 18.7 Å². The largest absolute Gasteiger partial charge is 0.493 e. The number of aryl methyl sites for hydroxylation is 1. The van der Waals surface area contributed by atoms with E-state index in [0.717, 1.165) is 27.8 Å². The van der Waals surface area contributed by atoms with Gasteiger partial charge in [0.25, 0.3) is 0 Å². The lowest BCUT2D eigenvalue weighted by Gasteiger charge is -2.01. The highest BCUT2D eigenvalue weighted by Gasteiger charge is 2.14. The summed E-state index contributed by atoms with van der Waals surface area (Å²) in [6.45, 7) is 2.03. The molecule has 0 radical (unpaired) electrons. The summed E-state index contributed by atoms with van der Waals surface area (Å²) in [5.41, 5.74) is 3.37. The van der Waals surface area contributed by atoms with Crippen molar-refractivity contribution in [3.05, 3.63) is 30.2 Å². The van der Waals surface area contributed by atoms with E-state index in [-0.39, 0.29) is 0 Å². The van der Waals surface area contributed by atoms with Crippen LogP contribution in [0, 0.1) is 6.92 Å². The van der Waals surface area contributed by atoms with Crippen LogP contribution in [0.5, 0.6) is 5.75 Å². The van der Waals surface area contributed by atoms with Gasteiger partial charge in [0.1, 0.15) is 11.8 Å². The molecule has 0 amide bonds. The Morgan fingerprint density at radius 3 is 3.00 bits per heavy atom. The molecular weight excluding hydrogens is 204 g/mol. The lowest BCUT2D eigenvalue weighted by atomic mass is 10.1. The Hall–Kier alpha value is -2.10. The maximum atomic E-state index is 5.71. The van der Waals surface area contributed by atoms with E-state index < -0.39 is 0 Å². The summed E-state index contributed by atoms with van der Waals surface area (Å²) >= 11 is 0. The van der Waals surface area contributed by atoms with Crippen molar-refractivity contribution in [2.75, 3.05) is 7.11 Å². The minimum absolute atomic E-state index is 0.685. The maximum absolute atomic E-state index is 5.71. The molecule has 1 aromatic carbocycles. The lowest BCUT2D eigenvalue weighted by molar-refractivity contribution is 0.412. The van der Waals surface area contributed by atoms with Crippen molar-refractivity contribution in [1.82, 2.24) is 9.97 Å². The second kappa shape index (κ2) is 3.20. The molecule has 4 heteroatoms. The van der Waals surface area contributed by atoms with Crippen molar-refractivity contribution in [2.24, 2.45) is 0 Å². The summed E-state index contributed by atoms with van der Waals surface area (Å²) in [7, 11) is 1.63. The normalized spacial score (nSPS) is 11.1. The van der Waals surface area contributed by atoms with Crippen molar-refractivity contribution in [2.45, 2.75) is 6.92 Å². The molecule has 0 aliphatic carbocycles. The Morgan fingerprint density at radius 1 is 1.31 bits per heavy atom. The van der Waals surface area contributed by atoms with Crippen LogP contribution < -0.4 is 4.74 Å². The van der Waals surface area contributed by atoms with Gasteiger partial charge in [-0.1, -0.05) is 6.07 Å². The van der Waals surface area contributed by atoms with E-state index in [1.807, 2.05) is 19.1 Å². The average Bonchev–Trinajstić information content (AvgIpc) is 2.69. The molecule has 16 heavy (non-hydrogen) atoms. The van der Waals surface area contributed by atoms with Gasteiger partial charge >= 0.3 is 0 Å². The Balaban J connectivity index is 2.58. The fourth-order valence-corrected chi connectivity index (χ4v) is 1.91. The molecule has 2 heterocycles. The number of rotatable bonds is 1. The van der Waals surface area contributed by atoms with Crippen molar-refractivity contribution < 1.29 is 9.15 Å². The second-order valence-corrected chi connectivity index (χ2v) is 3.63. The summed E-state index contributed by atoms with van der Waals surface area (Å²) < 4.78 is 11.0. The van der Waals surface area contributed by atoms with E-state index in [4.69, 9.17) is 9.15 Å². The van der Waals surface area contributed by atoms with Gasteiger partial charge in [0, 0.05) is 0 Å². The summed E-state index contributed by atoms with van der Waals surface area (Å²) in [6.07, 6.45) is 3.19. The monoisotopic (exact) mass is 214 g/mol. The third-order valence-corrected chi connectivity index (χ3v) is 2.68. The zero-order valence-electron chi connectivity index (χ0n) is 9.02. The molecule has 0 atom stereocenters. The van der Waals surface area contributed by atoms with Crippen LogP contribution in [0.4, 0.5) is 0 Å². The SMILES string of the molecule is COc1ccc(C)c2c1oc1cncnc12. The first-order chi connectivity index (χ1) is 7.81. The fourth-order valence-electron chi connectivity index (χ4n) is 1.91. The Bertz CT molecular complexity index is 673. The highest BCUT2D eigenvalue weighted by Crippen LogP contribution is 2.35. The summed E-state index contributed by atoms with van der Waals surface area (Å²) in [4.78, 5) is 8.19. The molecule has 0 aliphatic heterocycles. The van der Waals surface area contributed by atoms with Gasteiger partial charge in [0.15, 0.2) is 16.9 Å². The average molecular weight is 214 g/mol. The third-order valence-electron chi connectivity index (χ3n) is 2.68. The predicted molar refractivity (Wildman–Crippen MR) is 60.6 cm³/mol. The van der Waals surface area contributed by atoms with Crippen LogP contribution in [-0.4, -0.2) is 17.1 Å². The lowest BCUT2D eigenvalue weighted by Crippen LogP contribution is -1.84. The number of nitrogens with zero attached hydrogens (tertiary/aromatic N) is 2. The van der Waals surface area contributed by atoms with Crippen molar-refractivity contribution in [3.63, 3.8) is 0 Å². The first kappa shape index (κ1) is 9.15. The second-order valence-electron chi connectivity index (χ2n) is 3.63. The van der Waals surface area contributed by atoms with E-state index in [0.29, 0.717) is 5.58 Å². The molecule has 4 nitrogen and oxygen atoms in total. The number of aromatic nitrogens is 2. The Kier molecular flexibility index (Phi) is 1.83. The van der Waals surface area contributed by atoms with Gasteiger partial charge in [0.2, 0.25) is 0 Å². The molecule has 0 saturated carbocycles. The first-order valence-electron chi connectivity index (χ1n) is 4.97. The smallest absolute Gasteiger partial charge is 0.179 e. The van der Waals surface area contributed by atoms with E-state index in [1.165, 1.54) is 6.33 Å². The minimum Gasteiger partial charge on any atom is -0.493 e. The van der Waals surface area contributed by atoms with Gasteiger partial charge in [-0.3, -0.25) is 0 Å². The standard InChI is InChI=1S/C12H10N2O2/c1-7-3-4-8(15-2)12-10(7)11-9(16-12)5-13-6-14-11/h3-6H,1-2H3. The van der Waals surface area contributed by atoms with Gasteiger partial charge in [-0.15, -0.1) is 0 Å². The Morgan fingerprint density at radius 2 is 2.19 bits per heavy atom. The fraction of sp³-hybridized carbons (Fsp3) is 0.167. The zero-order valence-corrected chi connectivity index (χ0v) is 9.02. The van der Waals surface area contributed by atoms with Gasteiger partial charge in [-0.2, -0.15) is 0 Å². The van der Waals surface area contributed by atoms with Crippen LogP contribution in [0.3, 0.4) is 0 Å². The van der Waals surface area contributed by atoms with Gasteiger partial charge in [-0.25, -0.2) is 9.97 Å². The van der Waals surface area contributed by atoms with E-state index >= 15 is 0 Å². The third kappa shape index (κ3) is 1.10. The molecule has 80 valence electrons. The van der Waals surface area contributed by atoms with Crippen molar-refractivity contribution in [1.29, 1.82) is 0 Å². The highest BCUT2D eigenvalue weighted by molar-refractivity contribution is 6.06. The van der Waals surface area contributed by atoms with Crippen LogP contribution in [0.15, 0.2) is 29.1 Å². The van der Waals surface area contributed by atoms with Gasteiger partial charge in [-0.05, 0) is 18.6 Å². The van der Waals surface area contributed by atoms with Gasteiger partial charge < -0.3 is 9.15 Å². The predicted octanol–water partition coefficient (Wildman–Crippen LogP) is 2.69. The first-order valence-corrected chi connectivity index (χ1v) is 4.97. The van der Waals surface area contributed by atoms with Crippen molar-refractivity contribution in [3.8, 4) is 5.75 Å². The molecule has 2 aromatic heterocycles. The summed E-state index contributed by atoms with van der Waals surface area (Å²) in [5.74, 6) is 0.721. The molecule has 0 fully saturated rings. The summed E-state index contributed by atoms with van der Waals surface area (Å²) in [6, 6.07) is 3.89. The molecular formula is C12H10N2O2. The quantitative estimate of drug-likeness (QED) is 0.624. The molecule has 0 aliphatic rings. The van der Waals surface area contributed by atoms with E-state index in [9.17, 15) is 0 Å². The molecule has 0 saturated heterocycles. The van der Waals surface area contributed by atoms with Crippen molar-refractivity contribution >= 4 is 22.1 Å². The van der Waals surface area contributed by atoms with Crippen LogP contribution in [-0.2, 0) is 0 Å².